The second kappa shape index (κ2) is 4.44. The number of carbonyl (C=O) groups is 1. The van der Waals surface area contributed by atoms with E-state index >= 15 is 0 Å². The van der Waals surface area contributed by atoms with Crippen molar-refractivity contribution >= 4 is 5.78 Å². The second-order valence-electron chi connectivity index (χ2n) is 3.10. The van der Waals surface area contributed by atoms with Gasteiger partial charge in [0.2, 0.25) is 0 Å². The Kier molecular flexibility index (Phi) is 3.47. The molecule has 5 heteroatoms. The molecule has 1 unspecified atom stereocenters. The molecule has 0 aliphatic carbocycles. The van der Waals surface area contributed by atoms with Crippen molar-refractivity contribution in [3.05, 3.63) is 35.1 Å². The normalized spacial score (nSPS) is 12.6. The van der Waals surface area contributed by atoms with Gasteiger partial charge in [-0.3, -0.25) is 4.79 Å². The van der Waals surface area contributed by atoms with Crippen LogP contribution in [0.5, 0.6) is 0 Å². The predicted octanol–water partition coefficient (Wildman–Crippen LogP) is 2.02. The van der Waals surface area contributed by atoms with Crippen LogP contribution in [0.3, 0.4) is 0 Å². The van der Waals surface area contributed by atoms with Crippen molar-refractivity contribution in [3.8, 4) is 0 Å². The smallest absolute Gasteiger partial charge is 0.195 e. The monoisotopic (exact) mass is 217 g/mol. The van der Waals surface area contributed by atoms with Gasteiger partial charge < -0.3 is 5.73 Å². The first-order valence-corrected chi connectivity index (χ1v) is 4.42. The Morgan fingerprint density at radius 1 is 1.33 bits per heavy atom. The van der Waals surface area contributed by atoms with E-state index < -0.39 is 34.8 Å². The number of ketones is 1. The van der Waals surface area contributed by atoms with E-state index in [-0.39, 0.29) is 0 Å². The minimum absolute atomic E-state index is 0.303. The molecule has 0 heterocycles. The van der Waals surface area contributed by atoms with Crippen LogP contribution in [0.4, 0.5) is 13.2 Å². The van der Waals surface area contributed by atoms with E-state index in [2.05, 4.69) is 0 Å². The van der Waals surface area contributed by atoms with Crippen molar-refractivity contribution in [1.29, 1.82) is 0 Å². The molecule has 2 nitrogen and oxygen atoms in total. The summed E-state index contributed by atoms with van der Waals surface area (Å²) in [5.74, 6) is -5.18. The second-order valence-corrected chi connectivity index (χ2v) is 3.10. The van der Waals surface area contributed by atoms with Crippen LogP contribution in [-0.2, 0) is 0 Å². The van der Waals surface area contributed by atoms with Crippen molar-refractivity contribution < 1.29 is 18.0 Å². The molecule has 0 amide bonds. The van der Waals surface area contributed by atoms with Gasteiger partial charge in [0.15, 0.2) is 23.2 Å². The molecule has 0 bridgehead atoms. The van der Waals surface area contributed by atoms with Crippen LogP contribution in [0.1, 0.15) is 23.7 Å². The van der Waals surface area contributed by atoms with Gasteiger partial charge in [0.25, 0.3) is 0 Å². The third-order valence-electron chi connectivity index (χ3n) is 2.08. The summed E-state index contributed by atoms with van der Waals surface area (Å²) in [6.07, 6.45) is 0.303. The van der Waals surface area contributed by atoms with E-state index in [0.29, 0.717) is 12.5 Å². The predicted molar refractivity (Wildman–Crippen MR) is 48.9 cm³/mol. The Morgan fingerprint density at radius 3 is 2.47 bits per heavy atom. The molecular weight excluding hydrogens is 207 g/mol. The van der Waals surface area contributed by atoms with Crippen LogP contribution in [0.25, 0.3) is 0 Å². The average molecular weight is 217 g/mol. The fourth-order valence-electron chi connectivity index (χ4n) is 1.10. The van der Waals surface area contributed by atoms with Gasteiger partial charge in [-0.15, -0.1) is 0 Å². The molecule has 0 spiro atoms. The molecule has 0 saturated carbocycles. The Labute approximate surface area is 84.9 Å². The van der Waals surface area contributed by atoms with E-state index in [0.717, 1.165) is 6.07 Å². The summed E-state index contributed by atoms with van der Waals surface area (Å²) in [5.41, 5.74) is 4.86. The Hall–Kier alpha value is -1.36. The molecule has 1 rings (SSSR count). The summed E-state index contributed by atoms with van der Waals surface area (Å²) in [6, 6.07) is 0.698. The van der Waals surface area contributed by atoms with Crippen molar-refractivity contribution in [2.75, 3.05) is 0 Å². The van der Waals surface area contributed by atoms with Gasteiger partial charge in [0.05, 0.1) is 11.6 Å². The van der Waals surface area contributed by atoms with Gasteiger partial charge in [-0.25, -0.2) is 13.2 Å². The lowest BCUT2D eigenvalue weighted by Gasteiger charge is -2.08. The number of nitrogens with two attached hydrogens (primary N) is 1. The van der Waals surface area contributed by atoms with E-state index in [4.69, 9.17) is 5.73 Å². The molecule has 1 atom stereocenters. The van der Waals surface area contributed by atoms with Crippen molar-refractivity contribution in [2.24, 2.45) is 5.73 Å². The number of hydrogen-bond donors (Lipinski definition) is 1. The molecule has 15 heavy (non-hydrogen) atoms. The Balaban J connectivity index is 3.16. The van der Waals surface area contributed by atoms with Gasteiger partial charge in [0, 0.05) is 0 Å². The number of hydrogen-bond acceptors (Lipinski definition) is 2. The molecule has 0 fully saturated rings. The average Bonchev–Trinajstić information content (AvgIpc) is 2.24. The van der Waals surface area contributed by atoms with Crippen LogP contribution in [0.15, 0.2) is 12.1 Å². The largest absolute Gasteiger partial charge is 0.321 e. The molecule has 0 radical (unpaired) electrons. The zero-order chi connectivity index (χ0) is 11.6. The molecule has 0 saturated heterocycles. The summed E-state index contributed by atoms with van der Waals surface area (Å²) in [5, 5.41) is 0. The lowest BCUT2D eigenvalue weighted by Crippen LogP contribution is -2.30. The number of rotatable bonds is 3. The quantitative estimate of drug-likeness (QED) is 0.621. The van der Waals surface area contributed by atoms with E-state index in [9.17, 15) is 18.0 Å². The fourth-order valence-corrected chi connectivity index (χ4v) is 1.10. The van der Waals surface area contributed by atoms with Gasteiger partial charge in [-0.05, 0) is 18.6 Å². The highest BCUT2D eigenvalue weighted by molar-refractivity contribution is 6.00. The van der Waals surface area contributed by atoms with Crippen LogP contribution < -0.4 is 5.73 Å². The molecule has 0 aliphatic heterocycles. The summed E-state index contributed by atoms with van der Waals surface area (Å²) < 4.78 is 38.4. The number of Topliss-reactive ketones (excluding diaryl/α,β-unsaturated/α-hetero) is 1. The summed E-state index contributed by atoms with van der Waals surface area (Å²) in [4.78, 5) is 11.4. The van der Waals surface area contributed by atoms with Gasteiger partial charge in [-0.1, -0.05) is 6.92 Å². The molecule has 1 aromatic carbocycles. The van der Waals surface area contributed by atoms with Crippen molar-refractivity contribution in [3.63, 3.8) is 0 Å². The first-order valence-electron chi connectivity index (χ1n) is 4.42. The van der Waals surface area contributed by atoms with Crippen LogP contribution in [0.2, 0.25) is 0 Å². The first kappa shape index (κ1) is 11.7. The lowest BCUT2D eigenvalue weighted by atomic mass is 10.0. The minimum atomic E-state index is -1.65. The van der Waals surface area contributed by atoms with Crippen LogP contribution in [-0.4, -0.2) is 11.8 Å². The molecular formula is C10H10F3NO. The lowest BCUT2D eigenvalue weighted by molar-refractivity contribution is 0.0954. The third-order valence-corrected chi connectivity index (χ3v) is 2.08. The fraction of sp³-hybridized carbons (Fsp3) is 0.300. The number of carbonyl (C=O) groups excluding carboxylic acids is 1. The van der Waals surface area contributed by atoms with E-state index in [1.54, 1.807) is 6.92 Å². The van der Waals surface area contributed by atoms with Crippen LogP contribution in [0, 0.1) is 17.5 Å². The standard InChI is InChI=1S/C10H10F3NO/c1-2-7(14)10(15)5-3-4-6(11)9(13)8(5)12/h3-4,7H,2,14H2,1H3. The maximum atomic E-state index is 13.1. The zero-order valence-corrected chi connectivity index (χ0v) is 8.06. The maximum Gasteiger partial charge on any atom is 0.195 e. The summed E-state index contributed by atoms with van der Waals surface area (Å²) in [6.45, 7) is 1.64. The number of benzene rings is 1. The Morgan fingerprint density at radius 2 is 1.93 bits per heavy atom. The highest BCUT2D eigenvalue weighted by Crippen LogP contribution is 2.16. The summed E-state index contributed by atoms with van der Waals surface area (Å²) >= 11 is 0. The first-order chi connectivity index (χ1) is 6.99. The minimum Gasteiger partial charge on any atom is -0.321 e. The SMILES string of the molecule is CCC(N)C(=O)c1ccc(F)c(F)c1F. The molecule has 82 valence electrons. The zero-order valence-electron chi connectivity index (χ0n) is 8.06. The van der Waals surface area contributed by atoms with Gasteiger partial charge in [0.1, 0.15) is 0 Å². The molecule has 0 aliphatic rings. The van der Waals surface area contributed by atoms with Crippen molar-refractivity contribution in [2.45, 2.75) is 19.4 Å². The number of halogens is 3. The van der Waals surface area contributed by atoms with Gasteiger partial charge in [-0.2, -0.15) is 0 Å². The van der Waals surface area contributed by atoms with E-state index in [1.807, 2.05) is 0 Å². The van der Waals surface area contributed by atoms with Crippen LogP contribution >= 0.6 is 0 Å². The van der Waals surface area contributed by atoms with Crippen molar-refractivity contribution in [1.82, 2.24) is 0 Å². The third kappa shape index (κ3) is 2.18. The topological polar surface area (TPSA) is 43.1 Å². The van der Waals surface area contributed by atoms with Gasteiger partial charge >= 0.3 is 0 Å². The maximum absolute atomic E-state index is 13.1. The molecule has 2 N–H and O–H groups in total. The molecule has 1 aromatic rings. The summed E-state index contributed by atoms with van der Waals surface area (Å²) in [7, 11) is 0. The molecule has 0 aromatic heterocycles. The highest BCUT2D eigenvalue weighted by atomic mass is 19.2. The highest BCUT2D eigenvalue weighted by Gasteiger charge is 2.21. The Bertz CT molecular complexity index is 392. The van der Waals surface area contributed by atoms with E-state index in [1.165, 1.54) is 0 Å².